The predicted octanol–water partition coefficient (Wildman–Crippen LogP) is 2.44. The van der Waals surface area contributed by atoms with E-state index in [9.17, 15) is 9.59 Å². The SMILES string of the molecule is CC1(C)Oc2cc(NC(=O)c3ccncc3)ccc2NC1=O. The summed E-state index contributed by atoms with van der Waals surface area (Å²) in [5.41, 5.74) is 0.752. The Morgan fingerprint density at radius 3 is 2.68 bits per heavy atom. The monoisotopic (exact) mass is 297 g/mol. The van der Waals surface area contributed by atoms with Crippen molar-refractivity contribution in [1.29, 1.82) is 0 Å². The van der Waals surface area contributed by atoms with Crippen LogP contribution in [-0.4, -0.2) is 22.4 Å². The molecule has 0 fully saturated rings. The molecule has 1 aromatic heterocycles. The molecule has 0 bridgehead atoms. The van der Waals surface area contributed by atoms with E-state index >= 15 is 0 Å². The largest absolute Gasteiger partial charge is 0.476 e. The molecular weight excluding hydrogens is 282 g/mol. The fourth-order valence-electron chi connectivity index (χ4n) is 2.09. The van der Waals surface area contributed by atoms with Gasteiger partial charge in [0.1, 0.15) is 5.75 Å². The van der Waals surface area contributed by atoms with E-state index in [4.69, 9.17) is 4.74 Å². The van der Waals surface area contributed by atoms with E-state index in [-0.39, 0.29) is 11.8 Å². The minimum absolute atomic E-state index is 0.200. The minimum atomic E-state index is -0.944. The van der Waals surface area contributed by atoms with Crippen LogP contribution in [0.15, 0.2) is 42.7 Å². The van der Waals surface area contributed by atoms with Crippen LogP contribution in [0.5, 0.6) is 5.75 Å². The van der Waals surface area contributed by atoms with Crippen LogP contribution in [0.4, 0.5) is 11.4 Å². The number of anilines is 2. The number of nitrogens with one attached hydrogen (secondary N) is 2. The Morgan fingerprint density at radius 1 is 1.23 bits per heavy atom. The Morgan fingerprint density at radius 2 is 1.95 bits per heavy atom. The summed E-state index contributed by atoms with van der Waals surface area (Å²) in [5.74, 6) is 0.0900. The number of aromatic nitrogens is 1. The first-order valence-corrected chi connectivity index (χ1v) is 6.81. The van der Waals surface area contributed by atoms with Gasteiger partial charge in [-0.15, -0.1) is 0 Å². The molecule has 1 aliphatic rings. The highest BCUT2D eigenvalue weighted by Crippen LogP contribution is 2.35. The van der Waals surface area contributed by atoms with Gasteiger partial charge in [0, 0.05) is 29.7 Å². The molecule has 112 valence electrons. The van der Waals surface area contributed by atoms with Gasteiger partial charge in [-0.2, -0.15) is 0 Å². The molecule has 3 rings (SSSR count). The van der Waals surface area contributed by atoms with Crippen LogP contribution in [0.25, 0.3) is 0 Å². The summed E-state index contributed by atoms with van der Waals surface area (Å²) in [6.07, 6.45) is 3.12. The Labute approximate surface area is 127 Å². The van der Waals surface area contributed by atoms with Crippen molar-refractivity contribution in [2.45, 2.75) is 19.4 Å². The summed E-state index contributed by atoms with van der Waals surface area (Å²) in [4.78, 5) is 27.8. The maximum absolute atomic E-state index is 12.1. The molecule has 22 heavy (non-hydrogen) atoms. The summed E-state index contributed by atoms with van der Waals surface area (Å²) in [6.45, 7) is 3.38. The van der Waals surface area contributed by atoms with Gasteiger partial charge in [0.2, 0.25) is 0 Å². The number of hydrogen-bond acceptors (Lipinski definition) is 4. The molecule has 2 amide bonds. The van der Waals surface area contributed by atoms with E-state index in [1.807, 2.05) is 0 Å². The average molecular weight is 297 g/mol. The highest BCUT2D eigenvalue weighted by Gasteiger charge is 2.35. The molecule has 6 heteroatoms. The zero-order valence-electron chi connectivity index (χ0n) is 12.2. The summed E-state index contributed by atoms with van der Waals surface area (Å²) in [6, 6.07) is 8.36. The van der Waals surface area contributed by atoms with Gasteiger partial charge in [0.15, 0.2) is 5.60 Å². The second-order valence-corrected chi connectivity index (χ2v) is 5.47. The number of pyridine rings is 1. The molecule has 0 atom stereocenters. The van der Waals surface area contributed by atoms with Gasteiger partial charge in [0.05, 0.1) is 5.69 Å². The van der Waals surface area contributed by atoms with Crippen LogP contribution in [-0.2, 0) is 4.79 Å². The molecule has 1 aliphatic heterocycles. The summed E-state index contributed by atoms with van der Waals surface area (Å²) in [7, 11) is 0. The van der Waals surface area contributed by atoms with E-state index in [2.05, 4.69) is 15.6 Å². The van der Waals surface area contributed by atoms with Crippen molar-refractivity contribution in [1.82, 2.24) is 4.98 Å². The van der Waals surface area contributed by atoms with Crippen molar-refractivity contribution in [2.24, 2.45) is 0 Å². The molecule has 2 heterocycles. The van der Waals surface area contributed by atoms with Crippen LogP contribution in [0.1, 0.15) is 24.2 Å². The number of amides is 2. The average Bonchev–Trinajstić information content (AvgIpc) is 2.49. The highest BCUT2D eigenvalue weighted by atomic mass is 16.5. The second-order valence-electron chi connectivity index (χ2n) is 5.47. The third kappa shape index (κ3) is 2.63. The molecule has 0 aliphatic carbocycles. The zero-order valence-corrected chi connectivity index (χ0v) is 12.2. The maximum atomic E-state index is 12.1. The number of carbonyl (C=O) groups is 2. The zero-order chi connectivity index (χ0) is 15.7. The Balaban J connectivity index is 1.83. The molecule has 0 saturated heterocycles. The van der Waals surface area contributed by atoms with E-state index in [1.54, 1.807) is 56.6 Å². The first-order valence-electron chi connectivity index (χ1n) is 6.81. The number of rotatable bonds is 2. The molecule has 0 unspecified atom stereocenters. The first kappa shape index (κ1) is 14.1. The number of benzene rings is 1. The number of ether oxygens (including phenoxy) is 1. The molecule has 6 nitrogen and oxygen atoms in total. The van der Waals surface area contributed by atoms with Crippen LogP contribution >= 0.6 is 0 Å². The normalized spacial score (nSPS) is 15.3. The van der Waals surface area contributed by atoms with Crippen molar-refractivity contribution in [3.05, 3.63) is 48.3 Å². The third-order valence-electron chi connectivity index (χ3n) is 3.34. The summed E-state index contributed by atoms with van der Waals surface area (Å²) < 4.78 is 5.69. The Kier molecular flexibility index (Phi) is 3.29. The fraction of sp³-hybridized carbons (Fsp3) is 0.188. The summed E-state index contributed by atoms with van der Waals surface area (Å²) >= 11 is 0. The quantitative estimate of drug-likeness (QED) is 0.892. The van der Waals surface area contributed by atoms with Crippen molar-refractivity contribution < 1.29 is 14.3 Å². The van der Waals surface area contributed by atoms with E-state index in [0.717, 1.165) is 0 Å². The number of nitrogens with zero attached hydrogens (tertiary/aromatic N) is 1. The van der Waals surface area contributed by atoms with Gasteiger partial charge in [-0.25, -0.2) is 0 Å². The lowest BCUT2D eigenvalue weighted by Crippen LogP contribution is -2.45. The molecule has 1 aromatic carbocycles. The van der Waals surface area contributed by atoms with Crippen molar-refractivity contribution in [3.63, 3.8) is 0 Å². The van der Waals surface area contributed by atoms with Gasteiger partial charge in [-0.05, 0) is 38.1 Å². The van der Waals surface area contributed by atoms with E-state index in [0.29, 0.717) is 22.7 Å². The Hall–Kier alpha value is -2.89. The fourth-order valence-corrected chi connectivity index (χ4v) is 2.09. The molecule has 0 saturated carbocycles. The highest BCUT2D eigenvalue weighted by molar-refractivity contribution is 6.05. The van der Waals surface area contributed by atoms with Crippen LogP contribution in [0.3, 0.4) is 0 Å². The third-order valence-corrected chi connectivity index (χ3v) is 3.34. The smallest absolute Gasteiger partial charge is 0.268 e. The molecule has 0 spiro atoms. The molecule has 2 N–H and O–H groups in total. The predicted molar refractivity (Wildman–Crippen MR) is 82.0 cm³/mol. The van der Waals surface area contributed by atoms with Crippen molar-refractivity contribution in [2.75, 3.05) is 10.6 Å². The lowest BCUT2D eigenvalue weighted by molar-refractivity contribution is -0.129. The van der Waals surface area contributed by atoms with Crippen LogP contribution in [0, 0.1) is 0 Å². The van der Waals surface area contributed by atoms with Gasteiger partial charge >= 0.3 is 0 Å². The van der Waals surface area contributed by atoms with Crippen molar-refractivity contribution >= 4 is 23.2 Å². The number of carbonyl (C=O) groups excluding carboxylic acids is 2. The Bertz CT molecular complexity index is 742. The van der Waals surface area contributed by atoms with Gasteiger partial charge in [-0.3, -0.25) is 14.6 Å². The second kappa shape index (κ2) is 5.14. The minimum Gasteiger partial charge on any atom is -0.476 e. The lowest BCUT2D eigenvalue weighted by atomic mass is 10.1. The number of fused-ring (bicyclic) bond motifs is 1. The maximum Gasteiger partial charge on any atom is 0.268 e. The topological polar surface area (TPSA) is 80.3 Å². The van der Waals surface area contributed by atoms with Gasteiger partial charge in [0.25, 0.3) is 11.8 Å². The molecule has 2 aromatic rings. The lowest BCUT2D eigenvalue weighted by Gasteiger charge is -2.31. The summed E-state index contributed by atoms with van der Waals surface area (Å²) in [5, 5.41) is 5.56. The van der Waals surface area contributed by atoms with Crippen molar-refractivity contribution in [3.8, 4) is 5.75 Å². The molecular formula is C16H15N3O3. The standard InChI is InChI=1S/C16H15N3O3/c1-16(2)15(21)19-12-4-3-11(9-13(12)22-16)18-14(20)10-5-7-17-8-6-10/h3-9H,1-2H3,(H,18,20)(H,19,21). The van der Waals surface area contributed by atoms with Crippen LogP contribution in [0.2, 0.25) is 0 Å². The van der Waals surface area contributed by atoms with Gasteiger partial charge < -0.3 is 15.4 Å². The van der Waals surface area contributed by atoms with E-state index < -0.39 is 5.60 Å². The molecule has 0 radical (unpaired) electrons. The van der Waals surface area contributed by atoms with E-state index in [1.165, 1.54) is 0 Å². The first-order chi connectivity index (χ1) is 10.5. The van der Waals surface area contributed by atoms with Gasteiger partial charge in [-0.1, -0.05) is 0 Å². The number of hydrogen-bond donors (Lipinski definition) is 2. The van der Waals surface area contributed by atoms with Crippen LogP contribution < -0.4 is 15.4 Å².